The second-order valence-corrected chi connectivity index (χ2v) is 8.40. The highest BCUT2D eigenvalue weighted by molar-refractivity contribution is 5.78. The molecule has 2 aromatic rings. The summed E-state index contributed by atoms with van der Waals surface area (Å²) in [5, 5.41) is 4.43. The van der Waals surface area contributed by atoms with E-state index in [0.29, 0.717) is 19.0 Å². The van der Waals surface area contributed by atoms with Crippen molar-refractivity contribution in [1.82, 2.24) is 15.0 Å². The van der Waals surface area contributed by atoms with Crippen LogP contribution in [0.15, 0.2) is 34.9 Å². The lowest BCUT2D eigenvalue weighted by molar-refractivity contribution is -0.135. The minimum absolute atomic E-state index is 0.0114. The van der Waals surface area contributed by atoms with E-state index < -0.39 is 0 Å². The first-order chi connectivity index (χ1) is 14.5. The summed E-state index contributed by atoms with van der Waals surface area (Å²) in [6.45, 7) is 9.27. The molecule has 1 aromatic carbocycles. The molecule has 0 unspecified atom stereocenters. The maximum atomic E-state index is 12.8. The van der Waals surface area contributed by atoms with Crippen molar-refractivity contribution in [3.8, 4) is 11.3 Å². The van der Waals surface area contributed by atoms with Crippen LogP contribution in [0.2, 0.25) is 0 Å². The van der Waals surface area contributed by atoms with Crippen LogP contribution in [0.5, 0.6) is 0 Å². The Balaban J connectivity index is 1.94. The lowest BCUT2D eigenvalue weighted by Crippen LogP contribution is -2.45. The number of rotatable bonds is 9. The predicted octanol–water partition coefficient (Wildman–Crippen LogP) is 3.11. The molecular formula is C23H34N4O3. The van der Waals surface area contributed by atoms with E-state index in [1.807, 2.05) is 35.2 Å². The fourth-order valence-electron chi connectivity index (χ4n) is 3.64. The first-order valence-corrected chi connectivity index (χ1v) is 10.7. The number of likely N-dealkylation sites (N-methyl/N-ethyl adjacent to an activating group) is 1. The number of aromatic nitrogens is 1. The highest BCUT2D eigenvalue weighted by Crippen LogP contribution is 2.33. The first kappa shape index (κ1) is 22.3. The molecule has 3 rings (SSSR count). The number of carbonyl (C=O) groups excluding carboxylic acids is 1. The molecule has 0 bridgehead atoms. The van der Waals surface area contributed by atoms with Crippen molar-refractivity contribution >= 4 is 11.8 Å². The quantitative estimate of drug-likeness (QED) is 0.628. The molecule has 1 fully saturated rings. The number of hydrogen-bond donors (Lipinski definition) is 0. The van der Waals surface area contributed by atoms with E-state index in [9.17, 15) is 4.79 Å². The van der Waals surface area contributed by atoms with Crippen molar-refractivity contribution < 1.29 is 14.1 Å². The molecule has 1 amide bonds. The SMILES string of the molecule is COCC(=O)N(CCC(C)C)Cc1c(-c2ccccc2)noc1N1CCN(C)CC1. The molecular weight excluding hydrogens is 380 g/mol. The topological polar surface area (TPSA) is 62.1 Å². The Morgan fingerprint density at radius 1 is 1.20 bits per heavy atom. The van der Waals surface area contributed by atoms with Crippen molar-refractivity contribution in [3.05, 3.63) is 35.9 Å². The van der Waals surface area contributed by atoms with Gasteiger partial charge in [0.1, 0.15) is 12.3 Å². The van der Waals surface area contributed by atoms with Gasteiger partial charge in [0.25, 0.3) is 0 Å². The molecule has 1 aromatic heterocycles. The Labute approximate surface area is 179 Å². The molecule has 30 heavy (non-hydrogen) atoms. The Kier molecular flexibility index (Phi) is 7.87. The molecule has 0 saturated carbocycles. The van der Waals surface area contributed by atoms with Gasteiger partial charge in [-0.05, 0) is 19.4 Å². The fraction of sp³-hybridized carbons (Fsp3) is 0.565. The van der Waals surface area contributed by atoms with E-state index in [2.05, 4.69) is 35.9 Å². The molecule has 164 valence electrons. The summed E-state index contributed by atoms with van der Waals surface area (Å²) in [6, 6.07) is 10.0. The molecule has 7 nitrogen and oxygen atoms in total. The average molecular weight is 415 g/mol. The molecule has 0 atom stereocenters. The van der Waals surface area contributed by atoms with E-state index in [1.54, 1.807) is 7.11 Å². The van der Waals surface area contributed by atoms with Crippen LogP contribution in [0.1, 0.15) is 25.8 Å². The van der Waals surface area contributed by atoms with Gasteiger partial charge in [0.2, 0.25) is 11.8 Å². The lowest BCUT2D eigenvalue weighted by Gasteiger charge is -2.33. The Hall–Kier alpha value is -2.38. The van der Waals surface area contributed by atoms with Crippen LogP contribution in [0.3, 0.4) is 0 Å². The van der Waals surface area contributed by atoms with Crippen LogP contribution in [0.25, 0.3) is 11.3 Å². The second-order valence-electron chi connectivity index (χ2n) is 8.40. The van der Waals surface area contributed by atoms with Gasteiger partial charge in [0.15, 0.2) is 0 Å². The Morgan fingerprint density at radius 2 is 1.90 bits per heavy atom. The van der Waals surface area contributed by atoms with Gasteiger partial charge in [-0.15, -0.1) is 0 Å². The summed E-state index contributed by atoms with van der Waals surface area (Å²) in [5.74, 6) is 1.28. The number of piperazine rings is 1. The molecule has 0 aliphatic carbocycles. The van der Waals surface area contributed by atoms with Crippen molar-refractivity contribution in [2.75, 3.05) is 58.4 Å². The van der Waals surface area contributed by atoms with Gasteiger partial charge in [0.05, 0.1) is 12.1 Å². The summed E-state index contributed by atoms with van der Waals surface area (Å²) in [7, 11) is 3.69. The molecule has 0 N–H and O–H groups in total. The van der Waals surface area contributed by atoms with Gasteiger partial charge < -0.3 is 24.0 Å². The van der Waals surface area contributed by atoms with Gasteiger partial charge in [-0.1, -0.05) is 49.3 Å². The van der Waals surface area contributed by atoms with Gasteiger partial charge >= 0.3 is 0 Å². The Bertz CT molecular complexity index is 798. The van der Waals surface area contributed by atoms with Gasteiger partial charge in [0, 0.05) is 45.4 Å². The van der Waals surface area contributed by atoms with E-state index >= 15 is 0 Å². The molecule has 1 aliphatic rings. The summed E-state index contributed by atoms with van der Waals surface area (Å²) in [6.07, 6.45) is 0.936. The van der Waals surface area contributed by atoms with Crippen LogP contribution >= 0.6 is 0 Å². The zero-order valence-electron chi connectivity index (χ0n) is 18.6. The van der Waals surface area contributed by atoms with E-state index in [-0.39, 0.29) is 12.5 Å². The molecule has 0 radical (unpaired) electrons. The van der Waals surface area contributed by atoms with Crippen LogP contribution in [-0.4, -0.2) is 74.4 Å². The lowest BCUT2D eigenvalue weighted by atomic mass is 10.1. The number of amides is 1. The number of hydrogen-bond acceptors (Lipinski definition) is 6. The fourth-order valence-corrected chi connectivity index (χ4v) is 3.64. The van der Waals surface area contributed by atoms with Crippen LogP contribution in [0.4, 0.5) is 5.88 Å². The number of nitrogens with zero attached hydrogens (tertiary/aromatic N) is 4. The molecule has 1 aliphatic heterocycles. The Morgan fingerprint density at radius 3 is 2.53 bits per heavy atom. The average Bonchev–Trinajstić information content (AvgIpc) is 3.15. The maximum Gasteiger partial charge on any atom is 0.248 e. The van der Waals surface area contributed by atoms with Crippen LogP contribution < -0.4 is 4.90 Å². The van der Waals surface area contributed by atoms with E-state index in [0.717, 1.165) is 55.3 Å². The number of benzene rings is 1. The standard InChI is InChI=1S/C23H34N4O3/c1-18(2)10-11-27(21(28)17-29-4)16-20-22(19-8-6-5-7-9-19)24-30-23(20)26-14-12-25(3)13-15-26/h5-9,18H,10-17H2,1-4H3. The molecule has 2 heterocycles. The zero-order valence-corrected chi connectivity index (χ0v) is 18.6. The van der Waals surface area contributed by atoms with E-state index in [1.165, 1.54) is 0 Å². The third-order valence-corrected chi connectivity index (χ3v) is 5.55. The normalized spacial score (nSPS) is 15.0. The summed E-state index contributed by atoms with van der Waals surface area (Å²) in [4.78, 5) is 19.2. The summed E-state index contributed by atoms with van der Waals surface area (Å²) in [5.41, 5.74) is 2.78. The highest BCUT2D eigenvalue weighted by atomic mass is 16.5. The van der Waals surface area contributed by atoms with E-state index in [4.69, 9.17) is 9.26 Å². The predicted molar refractivity (Wildman–Crippen MR) is 118 cm³/mol. The number of ether oxygens (including phenoxy) is 1. The van der Waals surface area contributed by atoms with Crippen LogP contribution in [-0.2, 0) is 16.1 Å². The van der Waals surface area contributed by atoms with Crippen molar-refractivity contribution in [1.29, 1.82) is 0 Å². The molecule has 1 saturated heterocycles. The number of methoxy groups -OCH3 is 1. The van der Waals surface area contributed by atoms with Gasteiger partial charge in [-0.25, -0.2) is 0 Å². The van der Waals surface area contributed by atoms with Crippen molar-refractivity contribution in [2.24, 2.45) is 5.92 Å². The minimum atomic E-state index is -0.0114. The summed E-state index contributed by atoms with van der Waals surface area (Å²) >= 11 is 0. The summed E-state index contributed by atoms with van der Waals surface area (Å²) < 4.78 is 11.0. The largest absolute Gasteiger partial charge is 0.375 e. The van der Waals surface area contributed by atoms with Gasteiger partial charge in [-0.2, -0.15) is 0 Å². The third kappa shape index (κ3) is 5.61. The minimum Gasteiger partial charge on any atom is -0.375 e. The second kappa shape index (κ2) is 10.6. The molecule has 7 heteroatoms. The third-order valence-electron chi connectivity index (χ3n) is 5.55. The number of anilines is 1. The van der Waals surface area contributed by atoms with Crippen LogP contribution in [0, 0.1) is 5.92 Å². The molecule has 0 spiro atoms. The monoisotopic (exact) mass is 414 g/mol. The maximum absolute atomic E-state index is 12.8. The highest BCUT2D eigenvalue weighted by Gasteiger charge is 2.27. The number of carbonyl (C=O) groups is 1. The van der Waals surface area contributed by atoms with Gasteiger partial charge in [-0.3, -0.25) is 4.79 Å². The smallest absolute Gasteiger partial charge is 0.248 e. The van der Waals surface area contributed by atoms with Crippen molar-refractivity contribution in [2.45, 2.75) is 26.8 Å². The van der Waals surface area contributed by atoms with Crippen molar-refractivity contribution in [3.63, 3.8) is 0 Å². The first-order valence-electron chi connectivity index (χ1n) is 10.7. The zero-order chi connectivity index (χ0) is 21.5.